The first-order valence-electron chi connectivity index (χ1n) is 11.9. The van der Waals surface area contributed by atoms with Crippen molar-refractivity contribution in [3.05, 3.63) is 53.3 Å². The molecule has 3 aromatic heterocycles. The Labute approximate surface area is 194 Å². The number of ether oxygens (including phenoxy) is 1. The highest BCUT2D eigenvalue weighted by molar-refractivity contribution is 5.78. The molecule has 5 rings (SSSR count). The molecule has 174 valence electrons. The summed E-state index contributed by atoms with van der Waals surface area (Å²) in [5, 5.41) is 18.1. The Bertz CT molecular complexity index is 1100. The minimum Gasteiger partial charge on any atom is -0.481 e. The van der Waals surface area contributed by atoms with Crippen molar-refractivity contribution >= 4 is 16.9 Å². The van der Waals surface area contributed by atoms with Crippen molar-refractivity contribution in [2.24, 2.45) is 0 Å². The van der Waals surface area contributed by atoms with Gasteiger partial charge in [-0.05, 0) is 62.5 Å². The summed E-state index contributed by atoms with van der Waals surface area (Å²) >= 11 is 0. The van der Waals surface area contributed by atoms with E-state index >= 15 is 0 Å². The molecule has 0 saturated carbocycles. The lowest BCUT2D eigenvalue weighted by Gasteiger charge is -2.33. The van der Waals surface area contributed by atoms with Gasteiger partial charge in [-0.2, -0.15) is 0 Å². The SMILES string of the molecule is COc1ccc2nccc([C@@H](O)CN3CCC(NCc4ccc5c(n4)NCCC5)CC3)c2n1. The van der Waals surface area contributed by atoms with Gasteiger partial charge in [0.1, 0.15) is 5.82 Å². The number of anilines is 1. The van der Waals surface area contributed by atoms with Crippen LogP contribution in [0.4, 0.5) is 5.82 Å². The van der Waals surface area contributed by atoms with Crippen LogP contribution in [0.3, 0.4) is 0 Å². The molecule has 5 heterocycles. The molecular weight excluding hydrogens is 416 g/mol. The molecule has 0 amide bonds. The topological polar surface area (TPSA) is 95.4 Å². The monoisotopic (exact) mass is 448 g/mol. The number of nitrogens with zero attached hydrogens (tertiary/aromatic N) is 4. The van der Waals surface area contributed by atoms with Gasteiger partial charge in [0.25, 0.3) is 0 Å². The average molecular weight is 449 g/mol. The zero-order valence-corrected chi connectivity index (χ0v) is 19.1. The van der Waals surface area contributed by atoms with Gasteiger partial charge < -0.3 is 25.4 Å². The van der Waals surface area contributed by atoms with Crippen molar-refractivity contribution in [2.45, 2.75) is 44.4 Å². The second-order valence-electron chi connectivity index (χ2n) is 8.93. The standard InChI is InChI=1S/C25H32N6O2/c1-33-23-7-6-21-24(30-23)20(8-12-26-21)22(32)16-31-13-9-18(10-14-31)28-15-19-5-4-17-3-2-11-27-25(17)29-19/h4-8,12,18,22,28,32H,2-3,9-11,13-16H2,1H3,(H,27,29)/t22-/m0/s1. The second kappa shape index (κ2) is 9.99. The van der Waals surface area contributed by atoms with Gasteiger partial charge >= 0.3 is 0 Å². The molecule has 2 aliphatic rings. The van der Waals surface area contributed by atoms with Crippen molar-refractivity contribution in [1.29, 1.82) is 0 Å². The minimum absolute atomic E-state index is 0.469. The molecule has 0 aliphatic carbocycles. The van der Waals surface area contributed by atoms with Gasteiger partial charge in [-0.15, -0.1) is 0 Å². The summed E-state index contributed by atoms with van der Waals surface area (Å²) in [6.45, 7) is 4.29. The number of fused-ring (bicyclic) bond motifs is 2. The Balaban J connectivity index is 1.14. The maximum atomic E-state index is 11.0. The fraction of sp³-hybridized carbons (Fsp3) is 0.480. The molecule has 0 radical (unpaired) electrons. The lowest BCUT2D eigenvalue weighted by Crippen LogP contribution is -2.43. The number of nitrogens with one attached hydrogen (secondary N) is 2. The number of aliphatic hydroxyl groups excluding tert-OH is 1. The molecule has 8 heteroatoms. The van der Waals surface area contributed by atoms with Gasteiger partial charge in [-0.3, -0.25) is 4.98 Å². The first-order valence-corrected chi connectivity index (χ1v) is 11.9. The van der Waals surface area contributed by atoms with Gasteiger partial charge in [0.05, 0.1) is 29.9 Å². The zero-order chi connectivity index (χ0) is 22.6. The first kappa shape index (κ1) is 22.0. The van der Waals surface area contributed by atoms with Crippen LogP contribution in [0.5, 0.6) is 5.88 Å². The van der Waals surface area contributed by atoms with E-state index in [4.69, 9.17) is 9.72 Å². The predicted molar refractivity (Wildman–Crippen MR) is 128 cm³/mol. The fourth-order valence-electron chi connectivity index (χ4n) is 4.79. The zero-order valence-electron chi connectivity index (χ0n) is 19.1. The minimum atomic E-state index is -0.619. The van der Waals surface area contributed by atoms with Gasteiger partial charge in [0.15, 0.2) is 0 Å². The highest BCUT2D eigenvalue weighted by Gasteiger charge is 2.23. The summed E-state index contributed by atoms with van der Waals surface area (Å²) < 4.78 is 5.26. The Morgan fingerprint density at radius 2 is 2.06 bits per heavy atom. The van der Waals surface area contributed by atoms with Gasteiger partial charge in [-0.1, -0.05) is 6.07 Å². The predicted octanol–water partition coefficient (Wildman–Crippen LogP) is 2.68. The molecule has 3 aromatic rings. The molecule has 8 nitrogen and oxygen atoms in total. The molecule has 0 unspecified atom stereocenters. The number of rotatable bonds is 7. The van der Waals surface area contributed by atoms with E-state index in [-0.39, 0.29) is 0 Å². The van der Waals surface area contributed by atoms with Gasteiger partial charge in [0.2, 0.25) is 5.88 Å². The van der Waals surface area contributed by atoms with Crippen LogP contribution >= 0.6 is 0 Å². The lowest BCUT2D eigenvalue weighted by molar-refractivity contribution is 0.0947. The quantitative estimate of drug-likeness (QED) is 0.508. The number of β-amino-alcohol motifs (C(OH)–C–C–N with tert-alkyl or cyclic N) is 1. The third-order valence-electron chi connectivity index (χ3n) is 6.70. The summed E-state index contributed by atoms with van der Waals surface area (Å²) in [7, 11) is 1.59. The van der Waals surface area contributed by atoms with Crippen molar-refractivity contribution in [2.75, 3.05) is 38.6 Å². The molecule has 3 N–H and O–H groups in total. The summed E-state index contributed by atoms with van der Waals surface area (Å²) in [5.74, 6) is 1.58. The number of pyridine rings is 3. The molecule has 0 spiro atoms. The van der Waals surface area contributed by atoms with Crippen molar-refractivity contribution in [1.82, 2.24) is 25.2 Å². The highest BCUT2D eigenvalue weighted by atomic mass is 16.5. The number of hydrogen-bond acceptors (Lipinski definition) is 8. The van der Waals surface area contributed by atoms with Crippen LogP contribution in [-0.2, 0) is 13.0 Å². The van der Waals surface area contributed by atoms with E-state index in [0.717, 1.165) is 68.0 Å². The van der Waals surface area contributed by atoms with E-state index in [1.807, 2.05) is 12.1 Å². The van der Waals surface area contributed by atoms with E-state index < -0.39 is 6.10 Å². The van der Waals surface area contributed by atoms with Crippen LogP contribution in [-0.4, -0.2) is 64.3 Å². The normalized spacial score (nSPS) is 18.0. The number of aromatic nitrogens is 3. The molecule has 1 fully saturated rings. The lowest BCUT2D eigenvalue weighted by atomic mass is 10.0. The summed E-state index contributed by atoms with van der Waals surface area (Å²) in [4.78, 5) is 16.0. The van der Waals surface area contributed by atoms with Gasteiger partial charge in [-0.25, -0.2) is 9.97 Å². The van der Waals surface area contributed by atoms with Crippen LogP contribution in [0, 0.1) is 0 Å². The third kappa shape index (κ3) is 5.08. The Kier molecular flexibility index (Phi) is 6.66. The van der Waals surface area contributed by atoms with Gasteiger partial charge in [0, 0.05) is 43.5 Å². The van der Waals surface area contributed by atoms with E-state index in [0.29, 0.717) is 24.0 Å². The van der Waals surface area contributed by atoms with Crippen molar-refractivity contribution in [3.8, 4) is 5.88 Å². The molecule has 1 atom stereocenters. The maximum Gasteiger partial charge on any atom is 0.213 e. The molecule has 2 aliphatic heterocycles. The molecule has 33 heavy (non-hydrogen) atoms. The van der Waals surface area contributed by atoms with E-state index in [2.05, 4.69) is 37.6 Å². The average Bonchev–Trinajstić information content (AvgIpc) is 2.87. The van der Waals surface area contributed by atoms with Crippen LogP contribution in [0.2, 0.25) is 0 Å². The Morgan fingerprint density at radius 1 is 1.18 bits per heavy atom. The number of piperidine rings is 1. The molecule has 1 saturated heterocycles. The highest BCUT2D eigenvalue weighted by Crippen LogP contribution is 2.25. The number of hydrogen-bond donors (Lipinski definition) is 3. The third-order valence-corrected chi connectivity index (χ3v) is 6.70. The maximum absolute atomic E-state index is 11.0. The molecule has 0 bridgehead atoms. The first-order chi connectivity index (χ1) is 16.2. The fourth-order valence-corrected chi connectivity index (χ4v) is 4.79. The van der Waals surface area contributed by atoms with Crippen molar-refractivity contribution < 1.29 is 9.84 Å². The molecular formula is C25H32N6O2. The Morgan fingerprint density at radius 3 is 2.91 bits per heavy atom. The number of methoxy groups -OCH3 is 1. The summed E-state index contributed by atoms with van der Waals surface area (Å²) in [5.41, 5.74) is 4.68. The number of likely N-dealkylation sites (tertiary alicyclic amines) is 1. The number of aryl methyl sites for hydroxylation is 1. The van der Waals surface area contributed by atoms with Crippen molar-refractivity contribution in [3.63, 3.8) is 0 Å². The van der Waals surface area contributed by atoms with E-state index in [9.17, 15) is 5.11 Å². The Hall–Kier alpha value is -2.81. The van der Waals surface area contributed by atoms with Crippen LogP contribution in [0.1, 0.15) is 42.2 Å². The summed E-state index contributed by atoms with van der Waals surface area (Å²) in [6, 6.07) is 10.3. The second-order valence-corrected chi connectivity index (χ2v) is 8.93. The van der Waals surface area contributed by atoms with E-state index in [1.54, 1.807) is 19.4 Å². The summed E-state index contributed by atoms with van der Waals surface area (Å²) in [6.07, 6.45) is 5.52. The van der Waals surface area contributed by atoms with Crippen LogP contribution < -0.4 is 15.4 Å². The van der Waals surface area contributed by atoms with E-state index in [1.165, 1.54) is 12.0 Å². The van der Waals surface area contributed by atoms with Crippen LogP contribution in [0.25, 0.3) is 11.0 Å². The smallest absolute Gasteiger partial charge is 0.213 e. The molecule has 0 aromatic carbocycles. The number of aliphatic hydroxyl groups is 1. The van der Waals surface area contributed by atoms with Crippen LogP contribution in [0.15, 0.2) is 36.5 Å². The largest absolute Gasteiger partial charge is 0.481 e.